The van der Waals surface area contributed by atoms with Crippen molar-refractivity contribution in [2.75, 3.05) is 20.7 Å². The molecule has 0 bridgehead atoms. The van der Waals surface area contributed by atoms with Crippen molar-refractivity contribution < 1.29 is 23.8 Å². The molecule has 2 fully saturated rings. The zero-order valence-electron chi connectivity index (χ0n) is 24.4. The van der Waals surface area contributed by atoms with Gasteiger partial charge in [0.2, 0.25) is 0 Å². The highest BCUT2D eigenvalue weighted by Crippen LogP contribution is 2.39. The average Bonchev–Trinajstić information content (AvgIpc) is 3.34. The fourth-order valence-electron chi connectivity index (χ4n) is 6.01. The quantitative estimate of drug-likeness (QED) is 0.365. The Morgan fingerprint density at radius 1 is 1.05 bits per heavy atom. The van der Waals surface area contributed by atoms with Crippen molar-refractivity contribution in [2.24, 2.45) is 5.92 Å². The molecule has 218 valence electrons. The van der Waals surface area contributed by atoms with E-state index in [1.54, 1.807) is 20.8 Å². The van der Waals surface area contributed by atoms with Crippen LogP contribution in [0.25, 0.3) is 0 Å². The van der Waals surface area contributed by atoms with Gasteiger partial charge in [0.15, 0.2) is 0 Å². The summed E-state index contributed by atoms with van der Waals surface area (Å²) in [7, 11) is 3.32. The predicted octanol–water partition coefficient (Wildman–Crippen LogP) is 6.51. The zero-order chi connectivity index (χ0) is 28.9. The van der Waals surface area contributed by atoms with Gasteiger partial charge in [-0.1, -0.05) is 35.9 Å². The minimum Gasteiger partial charge on any atom is -0.488 e. The smallest absolute Gasteiger partial charge is 0.411 e. The van der Waals surface area contributed by atoms with Gasteiger partial charge in [-0.25, -0.2) is 9.59 Å². The third-order valence-corrected chi connectivity index (χ3v) is 8.27. The van der Waals surface area contributed by atoms with Crippen LogP contribution in [0.4, 0.5) is 4.79 Å². The molecule has 7 nitrogen and oxygen atoms in total. The van der Waals surface area contributed by atoms with Crippen LogP contribution in [-0.4, -0.2) is 55.4 Å². The van der Waals surface area contributed by atoms with Crippen molar-refractivity contribution in [3.8, 4) is 5.75 Å². The van der Waals surface area contributed by atoms with Gasteiger partial charge in [-0.3, -0.25) is 4.90 Å². The molecule has 2 atom stereocenters. The first kappa shape index (κ1) is 30.2. The fraction of sp³-hybridized carbons (Fsp3) is 0.562. The molecule has 0 unspecified atom stereocenters. The Labute approximate surface area is 243 Å². The van der Waals surface area contributed by atoms with Crippen LogP contribution in [0.2, 0.25) is 5.02 Å². The molecule has 1 aliphatic heterocycles. The summed E-state index contributed by atoms with van der Waals surface area (Å²) >= 11 is 6.63. The minimum absolute atomic E-state index is 0.242. The number of hydrogen-bond acceptors (Lipinski definition) is 6. The SMILES string of the molecule is CNCc1ccccc1[C@H]1CC[C@H](Cc2cc(O[C@H]3C[C@@H](C(=O)OC)N(C(=O)OC(C)(C)C)C3)ccc2Cl)CC1. The maximum absolute atomic E-state index is 12.8. The van der Waals surface area contributed by atoms with Crippen LogP contribution in [0, 0.1) is 5.92 Å². The molecule has 2 aliphatic rings. The Kier molecular flexibility index (Phi) is 10.0. The first-order valence-electron chi connectivity index (χ1n) is 14.3. The molecular weight excluding hydrogens is 528 g/mol. The van der Waals surface area contributed by atoms with Gasteiger partial charge in [-0.05, 0) is 107 Å². The highest BCUT2D eigenvalue weighted by molar-refractivity contribution is 6.31. The molecular formula is C32H43ClN2O5. The van der Waals surface area contributed by atoms with Gasteiger partial charge in [-0.15, -0.1) is 0 Å². The van der Waals surface area contributed by atoms with Crippen LogP contribution in [0.15, 0.2) is 42.5 Å². The summed E-state index contributed by atoms with van der Waals surface area (Å²) in [4.78, 5) is 26.6. The van der Waals surface area contributed by atoms with E-state index >= 15 is 0 Å². The Morgan fingerprint density at radius 3 is 2.45 bits per heavy atom. The number of nitrogens with one attached hydrogen (secondary N) is 1. The molecule has 1 saturated heterocycles. The largest absolute Gasteiger partial charge is 0.488 e. The number of hydrogen-bond donors (Lipinski definition) is 1. The summed E-state index contributed by atoms with van der Waals surface area (Å²) in [5.74, 6) is 1.38. The summed E-state index contributed by atoms with van der Waals surface area (Å²) in [5.41, 5.74) is 3.28. The molecule has 1 amide bonds. The molecule has 1 N–H and O–H groups in total. The van der Waals surface area contributed by atoms with Crippen LogP contribution in [-0.2, 0) is 27.2 Å². The van der Waals surface area contributed by atoms with Crippen molar-refractivity contribution in [2.45, 2.75) is 89.5 Å². The van der Waals surface area contributed by atoms with E-state index in [4.69, 9.17) is 25.8 Å². The van der Waals surface area contributed by atoms with Crippen molar-refractivity contribution in [1.82, 2.24) is 10.2 Å². The van der Waals surface area contributed by atoms with E-state index in [1.807, 2.05) is 25.2 Å². The Bertz CT molecular complexity index is 1170. The number of halogens is 1. The Balaban J connectivity index is 1.38. The van der Waals surface area contributed by atoms with E-state index in [2.05, 4.69) is 29.6 Å². The second kappa shape index (κ2) is 13.3. The van der Waals surface area contributed by atoms with E-state index in [-0.39, 0.29) is 12.6 Å². The lowest BCUT2D eigenvalue weighted by atomic mass is 9.75. The van der Waals surface area contributed by atoms with Gasteiger partial charge < -0.3 is 19.5 Å². The van der Waals surface area contributed by atoms with E-state index < -0.39 is 23.7 Å². The van der Waals surface area contributed by atoms with Crippen LogP contribution in [0.5, 0.6) is 5.75 Å². The molecule has 2 aromatic rings. The standard InChI is InChI=1S/C32H43ClN2O5/c1-32(2,3)40-31(37)35-20-26(18-29(35)30(36)38-5)39-25-14-15-28(33)24(17-25)16-21-10-12-22(13-11-21)27-9-7-6-8-23(27)19-34-4/h6-9,14-15,17,21-22,26,29,34H,10-13,16,18-20H2,1-5H3/t21-,22-,26-,29-/m0/s1. The summed E-state index contributed by atoms with van der Waals surface area (Å²) in [6.45, 7) is 6.53. The molecule has 1 aliphatic carbocycles. The van der Waals surface area contributed by atoms with Gasteiger partial charge in [0.1, 0.15) is 23.5 Å². The first-order chi connectivity index (χ1) is 19.1. The molecule has 0 spiro atoms. The van der Waals surface area contributed by atoms with E-state index in [0.717, 1.165) is 36.4 Å². The summed E-state index contributed by atoms with van der Waals surface area (Å²) in [6.07, 6.45) is 5.01. The molecule has 1 heterocycles. The van der Waals surface area contributed by atoms with E-state index in [1.165, 1.54) is 36.0 Å². The zero-order valence-corrected chi connectivity index (χ0v) is 25.1. The van der Waals surface area contributed by atoms with Crippen molar-refractivity contribution >= 4 is 23.7 Å². The number of esters is 1. The lowest BCUT2D eigenvalue weighted by Crippen LogP contribution is -2.44. The van der Waals surface area contributed by atoms with Gasteiger partial charge in [-0.2, -0.15) is 0 Å². The molecule has 2 aromatic carbocycles. The minimum atomic E-state index is -0.745. The summed E-state index contributed by atoms with van der Waals surface area (Å²) in [6, 6.07) is 13.8. The fourth-order valence-corrected chi connectivity index (χ4v) is 6.21. The number of rotatable bonds is 8. The lowest BCUT2D eigenvalue weighted by molar-refractivity contribution is -0.145. The predicted molar refractivity (Wildman–Crippen MR) is 157 cm³/mol. The van der Waals surface area contributed by atoms with Crippen molar-refractivity contribution in [1.29, 1.82) is 0 Å². The molecule has 0 radical (unpaired) electrons. The third-order valence-electron chi connectivity index (χ3n) is 7.90. The number of nitrogens with zero attached hydrogens (tertiary/aromatic N) is 1. The topological polar surface area (TPSA) is 77.1 Å². The van der Waals surface area contributed by atoms with E-state index in [0.29, 0.717) is 24.0 Å². The highest BCUT2D eigenvalue weighted by Gasteiger charge is 2.43. The maximum Gasteiger partial charge on any atom is 0.411 e. The van der Waals surface area contributed by atoms with Crippen LogP contribution < -0.4 is 10.1 Å². The van der Waals surface area contributed by atoms with Gasteiger partial charge in [0.05, 0.1) is 13.7 Å². The number of amides is 1. The normalized spacial score (nSPS) is 23.1. The van der Waals surface area contributed by atoms with Crippen molar-refractivity contribution in [3.63, 3.8) is 0 Å². The number of benzene rings is 2. The number of likely N-dealkylation sites (tertiary alicyclic amines) is 1. The lowest BCUT2D eigenvalue weighted by Gasteiger charge is -2.30. The van der Waals surface area contributed by atoms with Gasteiger partial charge in [0.25, 0.3) is 0 Å². The molecule has 0 aromatic heterocycles. The second-order valence-electron chi connectivity index (χ2n) is 12.1. The monoisotopic (exact) mass is 570 g/mol. The number of carbonyl (C=O) groups excluding carboxylic acids is 2. The number of methoxy groups -OCH3 is 1. The maximum atomic E-state index is 12.8. The third kappa shape index (κ3) is 7.70. The summed E-state index contributed by atoms with van der Waals surface area (Å²) < 4.78 is 16.8. The molecule has 4 rings (SSSR count). The second-order valence-corrected chi connectivity index (χ2v) is 12.5. The molecule has 8 heteroatoms. The van der Waals surface area contributed by atoms with Gasteiger partial charge >= 0.3 is 12.1 Å². The van der Waals surface area contributed by atoms with Crippen LogP contribution in [0.3, 0.4) is 0 Å². The number of carbonyl (C=O) groups is 2. The molecule has 1 saturated carbocycles. The Hall–Kier alpha value is -2.77. The highest BCUT2D eigenvalue weighted by atomic mass is 35.5. The van der Waals surface area contributed by atoms with Crippen LogP contribution >= 0.6 is 11.6 Å². The molecule has 40 heavy (non-hydrogen) atoms. The van der Waals surface area contributed by atoms with Gasteiger partial charge in [0, 0.05) is 18.0 Å². The van der Waals surface area contributed by atoms with E-state index in [9.17, 15) is 9.59 Å². The first-order valence-corrected chi connectivity index (χ1v) is 14.7. The Morgan fingerprint density at radius 2 is 1.77 bits per heavy atom. The van der Waals surface area contributed by atoms with Crippen LogP contribution in [0.1, 0.15) is 75.5 Å². The van der Waals surface area contributed by atoms with Crippen molar-refractivity contribution in [3.05, 3.63) is 64.2 Å². The summed E-state index contributed by atoms with van der Waals surface area (Å²) in [5, 5.41) is 4.03. The number of ether oxygens (including phenoxy) is 3. The average molecular weight is 571 g/mol.